The second-order valence-corrected chi connectivity index (χ2v) is 3.77. The second kappa shape index (κ2) is 2.54. The molecule has 0 aromatic heterocycles. The van der Waals surface area contributed by atoms with Crippen LogP contribution in [0.5, 0.6) is 0 Å². The van der Waals surface area contributed by atoms with Crippen molar-refractivity contribution in [3.8, 4) is 0 Å². The van der Waals surface area contributed by atoms with Crippen LogP contribution in [0.4, 0.5) is 0 Å². The molecule has 1 saturated heterocycles. The molecule has 0 amide bonds. The maximum atomic E-state index is 3.36. The molecule has 2 fully saturated rings. The average molecular weight is 138 g/mol. The van der Waals surface area contributed by atoms with Crippen molar-refractivity contribution in [2.75, 3.05) is 6.54 Å². The Morgan fingerprint density at radius 1 is 1.00 bits per heavy atom. The third-order valence-electron chi connectivity index (χ3n) is 3.02. The molecule has 1 aliphatic heterocycles. The maximum absolute atomic E-state index is 3.36. The fourth-order valence-corrected chi connectivity index (χ4v) is 2.33. The van der Waals surface area contributed by atoms with Gasteiger partial charge in [-0.2, -0.15) is 0 Å². The third-order valence-corrected chi connectivity index (χ3v) is 3.02. The van der Waals surface area contributed by atoms with E-state index in [0.29, 0.717) is 5.41 Å². The van der Waals surface area contributed by atoms with Gasteiger partial charge in [0.2, 0.25) is 0 Å². The van der Waals surface area contributed by atoms with Gasteiger partial charge in [0.25, 0.3) is 0 Å². The molecule has 0 aromatic carbocycles. The topological polar surface area (TPSA) is 12.0 Å². The lowest BCUT2D eigenvalue weighted by Crippen LogP contribution is -2.21. The highest BCUT2D eigenvalue weighted by atomic mass is 14.9. The first kappa shape index (κ1) is 6.66. The standard InChI is InChI=1S/C9H16N/c1-2-4-9(5-3-1)6-7-10-8-9/h8,10H,1-7H2. The van der Waals surface area contributed by atoms with Crippen molar-refractivity contribution in [1.29, 1.82) is 0 Å². The summed E-state index contributed by atoms with van der Waals surface area (Å²) in [6.45, 7) is 3.59. The number of rotatable bonds is 0. The predicted octanol–water partition coefficient (Wildman–Crippen LogP) is 2.09. The molecule has 1 radical (unpaired) electrons. The van der Waals surface area contributed by atoms with Gasteiger partial charge in [-0.25, -0.2) is 0 Å². The Balaban J connectivity index is 1.98. The van der Waals surface area contributed by atoms with Crippen LogP contribution in [0.1, 0.15) is 38.5 Å². The van der Waals surface area contributed by atoms with Gasteiger partial charge < -0.3 is 5.32 Å². The van der Waals surface area contributed by atoms with Gasteiger partial charge in [0.05, 0.1) is 0 Å². The summed E-state index contributed by atoms with van der Waals surface area (Å²) in [5.74, 6) is 0. The fourth-order valence-electron chi connectivity index (χ4n) is 2.33. The Labute approximate surface area is 63.2 Å². The molecular formula is C9H16N. The Morgan fingerprint density at radius 3 is 2.40 bits per heavy atom. The summed E-state index contributed by atoms with van der Waals surface area (Å²) >= 11 is 0. The van der Waals surface area contributed by atoms with Gasteiger partial charge in [0.1, 0.15) is 0 Å². The number of nitrogens with one attached hydrogen (secondary N) is 1. The van der Waals surface area contributed by atoms with Crippen LogP contribution in [-0.4, -0.2) is 6.54 Å². The molecular weight excluding hydrogens is 122 g/mol. The minimum absolute atomic E-state index is 0.637. The molecule has 0 unspecified atom stereocenters. The lowest BCUT2D eigenvalue weighted by Gasteiger charge is -2.31. The first-order chi connectivity index (χ1) is 4.91. The van der Waals surface area contributed by atoms with E-state index in [9.17, 15) is 0 Å². The van der Waals surface area contributed by atoms with E-state index < -0.39 is 0 Å². The van der Waals surface area contributed by atoms with Crippen molar-refractivity contribution in [2.45, 2.75) is 38.5 Å². The summed E-state index contributed by atoms with van der Waals surface area (Å²) in [6, 6.07) is 0. The molecule has 1 N–H and O–H groups in total. The molecule has 57 valence electrons. The largest absolute Gasteiger partial charge is 0.312 e. The molecule has 1 heteroatoms. The molecule has 0 aromatic rings. The van der Waals surface area contributed by atoms with E-state index in [4.69, 9.17) is 0 Å². The lowest BCUT2D eigenvalue weighted by atomic mass is 9.74. The van der Waals surface area contributed by atoms with Crippen molar-refractivity contribution in [3.05, 3.63) is 6.54 Å². The highest BCUT2D eigenvalue weighted by Crippen LogP contribution is 2.42. The molecule has 2 rings (SSSR count). The van der Waals surface area contributed by atoms with Crippen LogP contribution < -0.4 is 5.32 Å². The summed E-state index contributed by atoms with van der Waals surface area (Å²) < 4.78 is 0. The van der Waals surface area contributed by atoms with Crippen LogP contribution in [0.15, 0.2) is 0 Å². The van der Waals surface area contributed by atoms with Gasteiger partial charge in [0, 0.05) is 6.54 Å². The van der Waals surface area contributed by atoms with Gasteiger partial charge in [-0.1, -0.05) is 19.3 Å². The molecule has 1 heterocycles. The van der Waals surface area contributed by atoms with Crippen LogP contribution in [0.2, 0.25) is 0 Å². The average Bonchev–Trinajstić information content (AvgIpc) is 2.39. The summed E-state index contributed by atoms with van der Waals surface area (Å²) in [6.07, 6.45) is 8.67. The van der Waals surface area contributed by atoms with Crippen molar-refractivity contribution in [1.82, 2.24) is 5.32 Å². The molecule has 1 spiro atoms. The van der Waals surface area contributed by atoms with Crippen LogP contribution in [0.3, 0.4) is 0 Å². The van der Waals surface area contributed by atoms with Crippen molar-refractivity contribution in [2.24, 2.45) is 5.41 Å². The van der Waals surface area contributed by atoms with Crippen LogP contribution in [0, 0.1) is 12.0 Å². The van der Waals surface area contributed by atoms with E-state index in [1.165, 1.54) is 45.1 Å². The third kappa shape index (κ3) is 1.07. The molecule has 0 atom stereocenters. The van der Waals surface area contributed by atoms with E-state index in [1.54, 1.807) is 0 Å². The zero-order valence-electron chi connectivity index (χ0n) is 6.53. The van der Waals surface area contributed by atoms with E-state index in [-0.39, 0.29) is 0 Å². The Hall–Kier alpha value is -0.0400. The minimum atomic E-state index is 0.637. The normalized spacial score (nSPS) is 31.2. The van der Waals surface area contributed by atoms with Gasteiger partial charge in [-0.3, -0.25) is 0 Å². The van der Waals surface area contributed by atoms with Gasteiger partial charge in [-0.05, 0) is 31.2 Å². The number of hydrogen-bond donors (Lipinski definition) is 1. The summed E-state index contributed by atoms with van der Waals surface area (Å²) in [4.78, 5) is 0. The fraction of sp³-hybridized carbons (Fsp3) is 0.889. The zero-order chi connectivity index (χ0) is 6.86. The van der Waals surface area contributed by atoms with Gasteiger partial charge >= 0.3 is 0 Å². The van der Waals surface area contributed by atoms with E-state index in [1.807, 2.05) is 0 Å². The highest BCUT2D eigenvalue weighted by molar-refractivity contribution is 4.97. The molecule has 10 heavy (non-hydrogen) atoms. The molecule has 0 bridgehead atoms. The molecule has 1 saturated carbocycles. The number of hydrogen-bond acceptors (Lipinski definition) is 1. The first-order valence-electron chi connectivity index (χ1n) is 4.49. The summed E-state index contributed by atoms with van der Waals surface area (Å²) in [5.41, 5.74) is 0.637. The second-order valence-electron chi connectivity index (χ2n) is 3.77. The summed E-state index contributed by atoms with van der Waals surface area (Å²) in [7, 11) is 0. The first-order valence-corrected chi connectivity index (χ1v) is 4.49. The van der Waals surface area contributed by atoms with Crippen molar-refractivity contribution < 1.29 is 0 Å². The Bertz CT molecular complexity index is 106. The van der Waals surface area contributed by atoms with Crippen molar-refractivity contribution >= 4 is 0 Å². The monoisotopic (exact) mass is 138 g/mol. The SMILES string of the molecule is [CH]1NCCC12CCCCC2. The molecule has 2 aliphatic rings. The predicted molar refractivity (Wildman–Crippen MR) is 42.4 cm³/mol. The van der Waals surface area contributed by atoms with Crippen molar-refractivity contribution in [3.63, 3.8) is 0 Å². The quantitative estimate of drug-likeness (QED) is 0.540. The van der Waals surface area contributed by atoms with E-state index >= 15 is 0 Å². The van der Waals surface area contributed by atoms with Crippen LogP contribution >= 0.6 is 0 Å². The molecule has 1 nitrogen and oxygen atoms in total. The van der Waals surface area contributed by atoms with E-state index in [0.717, 1.165) is 0 Å². The summed E-state index contributed by atoms with van der Waals surface area (Å²) in [5, 5.41) is 3.36. The molecule has 1 aliphatic carbocycles. The Kier molecular flexibility index (Phi) is 1.69. The zero-order valence-corrected chi connectivity index (χ0v) is 6.53. The lowest BCUT2D eigenvalue weighted by molar-refractivity contribution is 0.245. The smallest absolute Gasteiger partial charge is 0.0283 e. The maximum Gasteiger partial charge on any atom is 0.0283 e. The van der Waals surface area contributed by atoms with E-state index in [2.05, 4.69) is 11.9 Å². The minimum Gasteiger partial charge on any atom is -0.312 e. The van der Waals surface area contributed by atoms with Crippen LogP contribution in [0.25, 0.3) is 0 Å². The van der Waals surface area contributed by atoms with Gasteiger partial charge in [0.15, 0.2) is 0 Å². The Morgan fingerprint density at radius 2 is 1.80 bits per heavy atom. The highest BCUT2D eigenvalue weighted by Gasteiger charge is 2.34. The van der Waals surface area contributed by atoms with Crippen LogP contribution in [-0.2, 0) is 0 Å². The van der Waals surface area contributed by atoms with Gasteiger partial charge in [-0.15, -0.1) is 0 Å².